The molecule has 2 heterocycles. The standard InChI is InChI=1S/C9H13N5O/c1-2-3-14-5-11-4-7(14)8(10)9-12-6-15-13-9/h4-6,8H,2-3,10H2,1H3. The van der Waals surface area contributed by atoms with Crippen LogP contribution < -0.4 is 5.73 Å². The van der Waals surface area contributed by atoms with Gasteiger partial charge in [-0.2, -0.15) is 4.98 Å². The Kier molecular flexibility index (Phi) is 2.77. The van der Waals surface area contributed by atoms with Crippen LogP contribution in [-0.4, -0.2) is 19.7 Å². The third kappa shape index (κ3) is 1.89. The molecule has 2 rings (SSSR count). The number of aryl methyl sites for hydroxylation is 1. The van der Waals surface area contributed by atoms with E-state index in [9.17, 15) is 0 Å². The van der Waals surface area contributed by atoms with Crippen LogP contribution in [0.15, 0.2) is 23.4 Å². The van der Waals surface area contributed by atoms with E-state index in [4.69, 9.17) is 5.73 Å². The van der Waals surface area contributed by atoms with E-state index < -0.39 is 0 Å². The van der Waals surface area contributed by atoms with Crippen LogP contribution in [0.5, 0.6) is 0 Å². The lowest BCUT2D eigenvalue weighted by atomic mass is 10.2. The summed E-state index contributed by atoms with van der Waals surface area (Å²) in [5, 5.41) is 3.72. The SMILES string of the molecule is CCCn1cncc1C(N)c1ncon1. The van der Waals surface area contributed by atoms with Gasteiger partial charge in [-0.05, 0) is 6.42 Å². The lowest BCUT2D eigenvalue weighted by molar-refractivity contribution is 0.406. The van der Waals surface area contributed by atoms with Gasteiger partial charge in [-0.15, -0.1) is 0 Å². The van der Waals surface area contributed by atoms with Crippen molar-refractivity contribution in [2.24, 2.45) is 5.73 Å². The quantitative estimate of drug-likeness (QED) is 0.798. The summed E-state index contributed by atoms with van der Waals surface area (Å²) >= 11 is 0. The Balaban J connectivity index is 2.25. The van der Waals surface area contributed by atoms with E-state index in [0.717, 1.165) is 18.7 Å². The number of nitrogens with two attached hydrogens (primary N) is 1. The number of hydrogen-bond donors (Lipinski definition) is 1. The van der Waals surface area contributed by atoms with Crippen LogP contribution in [-0.2, 0) is 6.54 Å². The fourth-order valence-electron chi connectivity index (χ4n) is 1.47. The third-order valence-electron chi connectivity index (χ3n) is 2.18. The molecule has 0 saturated heterocycles. The molecule has 0 spiro atoms. The summed E-state index contributed by atoms with van der Waals surface area (Å²) in [4.78, 5) is 8.00. The first-order valence-electron chi connectivity index (χ1n) is 4.84. The molecule has 2 aromatic heterocycles. The van der Waals surface area contributed by atoms with Crippen molar-refractivity contribution >= 4 is 0 Å². The first-order chi connectivity index (χ1) is 7.33. The predicted molar refractivity (Wildman–Crippen MR) is 52.8 cm³/mol. The van der Waals surface area contributed by atoms with Crippen LogP contribution >= 0.6 is 0 Å². The van der Waals surface area contributed by atoms with E-state index in [0.29, 0.717) is 5.82 Å². The monoisotopic (exact) mass is 207 g/mol. The minimum atomic E-state index is -0.377. The maximum Gasteiger partial charge on any atom is 0.213 e. The number of nitrogens with zero attached hydrogens (tertiary/aromatic N) is 4. The highest BCUT2D eigenvalue weighted by Gasteiger charge is 2.17. The van der Waals surface area contributed by atoms with Crippen molar-refractivity contribution in [3.05, 3.63) is 30.4 Å². The molecule has 0 saturated carbocycles. The highest BCUT2D eigenvalue weighted by molar-refractivity contribution is 5.13. The number of imidazole rings is 1. The van der Waals surface area contributed by atoms with Crippen molar-refractivity contribution in [2.75, 3.05) is 0 Å². The average molecular weight is 207 g/mol. The van der Waals surface area contributed by atoms with Crippen molar-refractivity contribution < 1.29 is 4.52 Å². The Bertz CT molecular complexity index is 408. The molecule has 2 aromatic rings. The molecule has 80 valence electrons. The minimum absolute atomic E-state index is 0.377. The molecular weight excluding hydrogens is 194 g/mol. The summed E-state index contributed by atoms with van der Waals surface area (Å²) in [6.45, 7) is 2.99. The van der Waals surface area contributed by atoms with Crippen LogP contribution in [0.25, 0.3) is 0 Å². The van der Waals surface area contributed by atoms with E-state index in [-0.39, 0.29) is 6.04 Å². The van der Waals surface area contributed by atoms with Gasteiger partial charge in [0.05, 0.1) is 18.2 Å². The Morgan fingerprint density at radius 1 is 1.60 bits per heavy atom. The topological polar surface area (TPSA) is 82.8 Å². The lowest BCUT2D eigenvalue weighted by Crippen LogP contribution is -2.17. The first-order valence-corrected chi connectivity index (χ1v) is 4.84. The van der Waals surface area contributed by atoms with Crippen molar-refractivity contribution in [3.8, 4) is 0 Å². The second-order valence-electron chi connectivity index (χ2n) is 3.28. The Labute approximate surface area is 87.1 Å². The highest BCUT2D eigenvalue weighted by Crippen LogP contribution is 2.15. The van der Waals surface area contributed by atoms with Gasteiger partial charge in [0.1, 0.15) is 6.04 Å². The smallest absolute Gasteiger partial charge is 0.213 e. The summed E-state index contributed by atoms with van der Waals surface area (Å²) in [6.07, 6.45) is 5.80. The normalized spacial score (nSPS) is 12.9. The molecule has 0 aliphatic rings. The highest BCUT2D eigenvalue weighted by atomic mass is 16.5. The van der Waals surface area contributed by atoms with Crippen molar-refractivity contribution in [3.63, 3.8) is 0 Å². The molecule has 6 nitrogen and oxygen atoms in total. The summed E-state index contributed by atoms with van der Waals surface area (Å²) < 4.78 is 6.66. The molecule has 1 atom stereocenters. The Morgan fingerprint density at radius 2 is 2.47 bits per heavy atom. The maximum absolute atomic E-state index is 5.99. The van der Waals surface area contributed by atoms with Crippen molar-refractivity contribution in [1.82, 2.24) is 19.7 Å². The molecule has 0 bridgehead atoms. The van der Waals surface area contributed by atoms with E-state index in [1.807, 2.05) is 4.57 Å². The zero-order valence-electron chi connectivity index (χ0n) is 8.50. The molecule has 1 unspecified atom stereocenters. The van der Waals surface area contributed by atoms with Crippen LogP contribution in [0.4, 0.5) is 0 Å². The fourth-order valence-corrected chi connectivity index (χ4v) is 1.47. The van der Waals surface area contributed by atoms with Crippen LogP contribution in [0.3, 0.4) is 0 Å². The van der Waals surface area contributed by atoms with Gasteiger partial charge in [0, 0.05) is 6.54 Å². The summed E-state index contributed by atoms with van der Waals surface area (Å²) in [6, 6.07) is -0.377. The maximum atomic E-state index is 5.99. The van der Waals surface area contributed by atoms with E-state index in [1.54, 1.807) is 12.5 Å². The molecule has 0 radical (unpaired) electrons. The molecule has 15 heavy (non-hydrogen) atoms. The summed E-state index contributed by atoms with van der Waals surface area (Å²) in [5.74, 6) is 0.479. The average Bonchev–Trinajstić information content (AvgIpc) is 2.87. The zero-order chi connectivity index (χ0) is 10.7. The van der Waals surface area contributed by atoms with Gasteiger partial charge >= 0.3 is 0 Å². The largest absolute Gasteiger partial charge is 0.343 e. The lowest BCUT2D eigenvalue weighted by Gasteiger charge is -2.10. The van der Waals surface area contributed by atoms with Gasteiger partial charge in [0.15, 0.2) is 5.82 Å². The molecule has 0 amide bonds. The van der Waals surface area contributed by atoms with Crippen molar-refractivity contribution in [2.45, 2.75) is 25.9 Å². The van der Waals surface area contributed by atoms with E-state index >= 15 is 0 Å². The van der Waals surface area contributed by atoms with Crippen LogP contribution in [0.2, 0.25) is 0 Å². The van der Waals surface area contributed by atoms with Gasteiger partial charge in [-0.25, -0.2) is 4.98 Å². The van der Waals surface area contributed by atoms with Gasteiger partial charge in [-0.3, -0.25) is 0 Å². The molecular formula is C9H13N5O. The molecule has 6 heteroatoms. The van der Waals surface area contributed by atoms with E-state index in [1.165, 1.54) is 6.39 Å². The molecule has 2 N–H and O–H groups in total. The third-order valence-corrected chi connectivity index (χ3v) is 2.18. The molecule has 0 aliphatic carbocycles. The van der Waals surface area contributed by atoms with Crippen molar-refractivity contribution in [1.29, 1.82) is 0 Å². The number of rotatable bonds is 4. The van der Waals surface area contributed by atoms with Gasteiger partial charge < -0.3 is 14.8 Å². The number of hydrogen-bond acceptors (Lipinski definition) is 5. The minimum Gasteiger partial charge on any atom is -0.343 e. The first kappa shape index (κ1) is 9.85. The molecule has 0 aliphatic heterocycles. The fraction of sp³-hybridized carbons (Fsp3) is 0.444. The van der Waals surface area contributed by atoms with Gasteiger partial charge in [0.25, 0.3) is 0 Å². The van der Waals surface area contributed by atoms with Gasteiger partial charge in [0.2, 0.25) is 6.39 Å². The van der Waals surface area contributed by atoms with Crippen LogP contribution in [0, 0.1) is 0 Å². The second kappa shape index (κ2) is 4.22. The van der Waals surface area contributed by atoms with Crippen LogP contribution in [0.1, 0.15) is 30.9 Å². The summed E-state index contributed by atoms with van der Waals surface area (Å²) in [5.41, 5.74) is 6.89. The second-order valence-corrected chi connectivity index (χ2v) is 3.28. The Morgan fingerprint density at radius 3 is 3.13 bits per heavy atom. The Hall–Kier alpha value is -1.69. The van der Waals surface area contributed by atoms with Gasteiger partial charge in [-0.1, -0.05) is 12.1 Å². The summed E-state index contributed by atoms with van der Waals surface area (Å²) in [7, 11) is 0. The molecule has 0 fully saturated rings. The predicted octanol–water partition coefficient (Wildman–Crippen LogP) is 0.724. The number of aromatic nitrogens is 4. The van der Waals surface area contributed by atoms with E-state index in [2.05, 4.69) is 26.6 Å². The zero-order valence-corrected chi connectivity index (χ0v) is 8.50. The molecule has 0 aromatic carbocycles.